The molecular weight excluding hydrogens is 350 g/mol. The summed E-state index contributed by atoms with van der Waals surface area (Å²) in [6, 6.07) is 11.1. The van der Waals surface area contributed by atoms with Gasteiger partial charge in [0.1, 0.15) is 0 Å². The number of para-hydroxylation sites is 1. The van der Waals surface area contributed by atoms with E-state index >= 15 is 0 Å². The van der Waals surface area contributed by atoms with Gasteiger partial charge in [-0.05, 0) is 30.3 Å². The van der Waals surface area contributed by atoms with Crippen molar-refractivity contribution >= 4 is 21.5 Å². The molecule has 0 aliphatic rings. The Labute approximate surface area is 144 Å². The first-order valence-corrected chi connectivity index (χ1v) is 8.71. The Bertz CT molecular complexity index is 876. The Hall–Kier alpha value is -2.78. The lowest BCUT2D eigenvalue weighted by Gasteiger charge is -2.07. The van der Waals surface area contributed by atoms with E-state index in [-0.39, 0.29) is 28.3 Å². The molecule has 9 heteroatoms. The number of esters is 1. The lowest BCUT2D eigenvalue weighted by Crippen LogP contribution is -2.11. The average Bonchev–Trinajstić information content (AvgIpc) is 2.61. The summed E-state index contributed by atoms with van der Waals surface area (Å²) in [6.45, 7) is -0.212. The van der Waals surface area contributed by atoms with Crippen LogP contribution in [0.15, 0.2) is 53.4 Å². The predicted molar refractivity (Wildman–Crippen MR) is 87.7 cm³/mol. The van der Waals surface area contributed by atoms with Crippen molar-refractivity contribution in [2.24, 2.45) is 0 Å². The van der Waals surface area contributed by atoms with Gasteiger partial charge in [0, 0.05) is 6.07 Å². The zero-order valence-electron chi connectivity index (χ0n) is 13.2. The fraction of sp³-hybridized carbons (Fsp3) is 0.188. The zero-order valence-corrected chi connectivity index (χ0v) is 14.1. The SMILES string of the molecule is COC(=O)c1ccc(S(=O)(=O)COCc2ccccc2[N+](=O)[O-])cc1. The molecule has 0 amide bonds. The average molecular weight is 365 g/mol. The number of hydrogen-bond donors (Lipinski definition) is 0. The van der Waals surface area contributed by atoms with E-state index in [1.807, 2.05) is 0 Å². The maximum atomic E-state index is 12.2. The minimum atomic E-state index is -3.76. The van der Waals surface area contributed by atoms with Crippen LogP contribution in [0.25, 0.3) is 0 Å². The van der Waals surface area contributed by atoms with E-state index in [1.165, 1.54) is 49.6 Å². The Morgan fingerprint density at radius 3 is 2.36 bits per heavy atom. The minimum absolute atomic E-state index is 0.0253. The second-order valence-electron chi connectivity index (χ2n) is 4.98. The highest BCUT2D eigenvalue weighted by Crippen LogP contribution is 2.19. The topological polar surface area (TPSA) is 113 Å². The molecule has 0 radical (unpaired) electrons. The van der Waals surface area contributed by atoms with Crippen LogP contribution in [-0.2, 0) is 25.9 Å². The molecule has 0 N–H and O–H groups in total. The van der Waals surface area contributed by atoms with E-state index < -0.39 is 26.7 Å². The molecule has 8 nitrogen and oxygen atoms in total. The Morgan fingerprint density at radius 2 is 1.76 bits per heavy atom. The molecule has 0 spiro atoms. The fourth-order valence-corrected chi connectivity index (χ4v) is 3.05. The van der Waals surface area contributed by atoms with Gasteiger partial charge in [0.05, 0.1) is 34.7 Å². The van der Waals surface area contributed by atoms with Crippen molar-refractivity contribution < 1.29 is 27.6 Å². The molecule has 0 atom stereocenters. The van der Waals surface area contributed by atoms with Crippen molar-refractivity contribution in [1.82, 2.24) is 0 Å². The number of hydrogen-bond acceptors (Lipinski definition) is 7. The summed E-state index contributed by atoms with van der Waals surface area (Å²) < 4.78 is 34.1. The van der Waals surface area contributed by atoms with Crippen LogP contribution in [0.4, 0.5) is 5.69 Å². The number of carbonyl (C=O) groups excluding carboxylic acids is 1. The van der Waals surface area contributed by atoms with Crippen molar-refractivity contribution in [1.29, 1.82) is 0 Å². The van der Waals surface area contributed by atoms with Crippen LogP contribution in [0, 0.1) is 10.1 Å². The molecule has 25 heavy (non-hydrogen) atoms. The smallest absolute Gasteiger partial charge is 0.337 e. The monoisotopic (exact) mass is 365 g/mol. The van der Waals surface area contributed by atoms with Crippen LogP contribution in [-0.4, -0.2) is 32.4 Å². The molecule has 0 saturated heterocycles. The van der Waals surface area contributed by atoms with Gasteiger partial charge in [-0.2, -0.15) is 0 Å². The summed E-state index contributed by atoms with van der Waals surface area (Å²) in [5.74, 6) is -1.21. The highest BCUT2D eigenvalue weighted by atomic mass is 32.2. The molecule has 0 heterocycles. The summed E-state index contributed by atoms with van der Waals surface area (Å²) in [4.78, 5) is 21.7. The normalized spacial score (nSPS) is 11.1. The van der Waals surface area contributed by atoms with Crippen LogP contribution >= 0.6 is 0 Å². The van der Waals surface area contributed by atoms with Crippen molar-refractivity contribution in [2.75, 3.05) is 13.0 Å². The summed E-state index contributed by atoms with van der Waals surface area (Å²) in [6.07, 6.45) is 0. The number of nitro groups is 1. The van der Waals surface area contributed by atoms with Crippen molar-refractivity contribution in [3.05, 3.63) is 69.8 Å². The number of nitrogens with zero attached hydrogens (tertiary/aromatic N) is 1. The number of sulfone groups is 1. The minimum Gasteiger partial charge on any atom is -0.465 e. The molecule has 0 aliphatic carbocycles. The van der Waals surface area contributed by atoms with E-state index in [1.54, 1.807) is 6.07 Å². The predicted octanol–water partition coefficient (Wildman–Crippen LogP) is 2.33. The molecule has 0 fully saturated rings. The van der Waals surface area contributed by atoms with E-state index in [2.05, 4.69) is 4.74 Å². The van der Waals surface area contributed by atoms with Crippen LogP contribution < -0.4 is 0 Å². The van der Waals surface area contributed by atoms with Gasteiger partial charge in [0.2, 0.25) is 9.84 Å². The first-order valence-electron chi connectivity index (χ1n) is 7.06. The number of ether oxygens (including phenoxy) is 2. The molecule has 132 valence electrons. The van der Waals surface area contributed by atoms with Gasteiger partial charge < -0.3 is 9.47 Å². The maximum Gasteiger partial charge on any atom is 0.337 e. The van der Waals surface area contributed by atoms with Crippen LogP contribution in [0.5, 0.6) is 0 Å². The van der Waals surface area contributed by atoms with Gasteiger partial charge in [0.15, 0.2) is 5.94 Å². The molecule has 2 aromatic carbocycles. The molecule has 0 aliphatic heterocycles. The number of nitro benzene ring substituents is 1. The van der Waals surface area contributed by atoms with Gasteiger partial charge in [-0.1, -0.05) is 12.1 Å². The maximum absolute atomic E-state index is 12.2. The molecular formula is C16H15NO7S. The fourth-order valence-electron chi connectivity index (χ4n) is 2.06. The van der Waals surface area contributed by atoms with E-state index in [0.29, 0.717) is 0 Å². The lowest BCUT2D eigenvalue weighted by atomic mass is 10.2. The van der Waals surface area contributed by atoms with Crippen LogP contribution in [0.1, 0.15) is 15.9 Å². The van der Waals surface area contributed by atoms with Crippen molar-refractivity contribution in [3.63, 3.8) is 0 Å². The first kappa shape index (κ1) is 18.6. The van der Waals surface area contributed by atoms with Crippen LogP contribution in [0.2, 0.25) is 0 Å². The van der Waals surface area contributed by atoms with Crippen LogP contribution in [0.3, 0.4) is 0 Å². The zero-order chi connectivity index (χ0) is 18.4. The molecule has 0 bridgehead atoms. The van der Waals surface area contributed by atoms with Gasteiger partial charge in [-0.3, -0.25) is 10.1 Å². The Morgan fingerprint density at radius 1 is 1.12 bits per heavy atom. The number of rotatable bonds is 7. The molecule has 2 aromatic rings. The van der Waals surface area contributed by atoms with Gasteiger partial charge in [-0.15, -0.1) is 0 Å². The van der Waals surface area contributed by atoms with Gasteiger partial charge in [0.25, 0.3) is 5.69 Å². The highest BCUT2D eigenvalue weighted by molar-refractivity contribution is 7.91. The molecule has 2 rings (SSSR count). The number of carbonyl (C=O) groups is 1. The quantitative estimate of drug-likeness (QED) is 0.420. The summed E-state index contributed by atoms with van der Waals surface area (Å²) in [5.41, 5.74) is 0.369. The second kappa shape index (κ2) is 7.86. The summed E-state index contributed by atoms with van der Waals surface area (Å²) in [7, 11) is -2.53. The second-order valence-corrected chi connectivity index (χ2v) is 6.92. The van der Waals surface area contributed by atoms with E-state index in [4.69, 9.17) is 4.74 Å². The number of benzene rings is 2. The Balaban J connectivity index is 2.05. The standard InChI is InChI=1S/C16H15NO7S/c1-23-16(18)12-6-8-14(9-7-12)25(21,22)11-24-10-13-4-2-3-5-15(13)17(19)20/h2-9H,10-11H2,1H3. The highest BCUT2D eigenvalue weighted by Gasteiger charge is 2.18. The first-order chi connectivity index (χ1) is 11.8. The summed E-state index contributed by atoms with van der Waals surface area (Å²) in [5, 5.41) is 10.9. The third kappa shape index (κ3) is 4.61. The van der Waals surface area contributed by atoms with Crippen molar-refractivity contribution in [3.8, 4) is 0 Å². The number of methoxy groups -OCH3 is 1. The van der Waals surface area contributed by atoms with Gasteiger partial charge >= 0.3 is 5.97 Å². The Kier molecular flexibility index (Phi) is 5.84. The third-order valence-electron chi connectivity index (χ3n) is 3.32. The third-order valence-corrected chi connectivity index (χ3v) is 4.79. The van der Waals surface area contributed by atoms with E-state index in [0.717, 1.165) is 0 Å². The largest absolute Gasteiger partial charge is 0.465 e. The van der Waals surface area contributed by atoms with E-state index in [9.17, 15) is 23.3 Å². The van der Waals surface area contributed by atoms with Gasteiger partial charge in [-0.25, -0.2) is 13.2 Å². The summed E-state index contributed by atoms with van der Waals surface area (Å²) >= 11 is 0. The molecule has 0 saturated carbocycles. The molecule has 0 aromatic heterocycles. The molecule has 0 unspecified atom stereocenters. The lowest BCUT2D eigenvalue weighted by molar-refractivity contribution is -0.385. The van der Waals surface area contributed by atoms with Crippen molar-refractivity contribution in [2.45, 2.75) is 11.5 Å².